The van der Waals surface area contributed by atoms with E-state index in [2.05, 4.69) is 5.32 Å². The number of carbonyl (C=O) groups is 1. The molecule has 0 radical (unpaired) electrons. The number of halogens is 2. The predicted octanol–water partition coefficient (Wildman–Crippen LogP) is 3.53. The average molecular weight is 335 g/mol. The summed E-state index contributed by atoms with van der Waals surface area (Å²) < 4.78 is 10.4. The third-order valence-electron chi connectivity index (χ3n) is 2.51. The van der Waals surface area contributed by atoms with Gasteiger partial charge in [0.2, 0.25) is 0 Å². The standard InChI is InChI=1S/C14H20Cl2N2O3/c1-14(2,3)21-13(19)18-7-11(17)9-5-8(15)6-10(16)12(9)20-4/h5-6,11H,7,17H2,1-4H3,(H,18,19). The number of nitrogens with one attached hydrogen (secondary N) is 1. The van der Waals surface area contributed by atoms with Crippen LogP contribution < -0.4 is 15.8 Å². The predicted molar refractivity (Wildman–Crippen MR) is 84.2 cm³/mol. The minimum Gasteiger partial charge on any atom is -0.495 e. The third-order valence-corrected chi connectivity index (χ3v) is 3.00. The molecule has 0 aliphatic heterocycles. The Kier molecular flexibility index (Phi) is 6.13. The van der Waals surface area contributed by atoms with Gasteiger partial charge in [0.25, 0.3) is 0 Å². The van der Waals surface area contributed by atoms with Crippen LogP contribution in [-0.4, -0.2) is 25.3 Å². The van der Waals surface area contributed by atoms with Crippen molar-refractivity contribution < 1.29 is 14.3 Å². The molecule has 1 aromatic rings. The smallest absolute Gasteiger partial charge is 0.407 e. The highest BCUT2D eigenvalue weighted by molar-refractivity contribution is 6.35. The molecule has 1 aromatic carbocycles. The van der Waals surface area contributed by atoms with Gasteiger partial charge < -0.3 is 20.5 Å². The molecule has 3 N–H and O–H groups in total. The van der Waals surface area contributed by atoms with Gasteiger partial charge in [0.1, 0.15) is 11.4 Å². The van der Waals surface area contributed by atoms with E-state index in [1.807, 2.05) is 0 Å². The molecule has 0 saturated heterocycles. The Hall–Kier alpha value is -1.17. The van der Waals surface area contributed by atoms with E-state index in [-0.39, 0.29) is 6.54 Å². The van der Waals surface area contributed by atoms with Crippen LogP contribution in [0.5, 0.6) is 5.75 Å². The van der Waals surface area contributed by atoms with Crippen molar-refractivity contribution in [2.75, 3.05) is 13.7 Å². The number of ether oxygens (including phenoxy) is 2. The van der Waals surface area contributed by atoms with E-state index in [4.69, 9.17) is 38.4 Å². The molecule has 7 heteroatoms. The molecule has 0 spiro atoms. The second kappa shape index (κ2) is 7.20. The summed E-state index contributed by atoms with van der Waals surface area (Å²) in [5, 5.41) is 3.42. The Labute approximate surface area is 134 Å². The van der Waals surface area contributed by atoms with E-state index in [0.717, 1.165) is 0 Å². The summed E-state index contributed by atoms with van der Waals surface area (Å²) >= 11 is 12.0. The Morgan fingerprint density at radius 2 is 2.00 bits per heavy atom. The monoisotopic (exact) mass is 334 g/mol. The first-order valence-corrected chi connectivity index (χ1v) is 7.15. The topological polar surface area (TPSA) is 73.6 Å². The van der Waals surface area contributed by atoms with Crippen molar-refractivity contribution >= 4 is 29.3 Å². The van der Waals surface area contributed by atoms with Crippen LogP contribution in [0.25, 0.3) is 0 Å². The van der Waals surface area contributed by atoms with Gasteiger partial charge in [-0.1, -0.05) is 23.2 Å². The molecule has 0 heterocycles. The number of alkyl carbamates (subject to hydrolysis) is 1. The van der Waals surface area contributed by atoms with Gasteiger partial charge in [0.15, 0.2) is 0 Å². The molecule has 0 aliphatic rings. The van der Waals surface area contributed by atoms with Crippen molar-refractivity contribution in [2.24, 2.45) is 5.73 Å². The fourth-order valence-corrected chi connectivity index (χ4v) is 2.27. The van der Waals surface area contributed by atoms with Gasteiger partial charge in [-0.2, -0.15) is 0 Å². The highest BCUT2D eigenvalue weighted by Crippen LogP contribution is 2.34. The number of nitrogens with two attached hydrogens (primary N) is 1. The van der Waals surface area contributed by atoms with Crippen molar-refractivity contribution in [1.29, 1.82) is 0 Å². The zero-order valence-corrected chi connectivity index (χ0v) is 14.0. The number of rotatable bonds is 4. The van der Waals surface area contributed by atoms with E-state index < -0.39 is 17.7 Å². The molecular weight excluding hydrogens is 315 g/mol. The largest absolute Gasteiger partial charge is 0.495 e. The van der Waals surface area contributed by atoms with Gasteiger partial charge in [0, 0.05) is 17.1 Å². The van der Waals surface area contributed by atoms with E-state index in [1.165, 1.54) is 7.11 Å². The highest BCUT2D eigenvalue weighted by atomic mass is 35.5. The molecule has 5 nitrogen and oxygen atoms in total. The van der Waals surface area contributed by atoms with Gasteiger partial charge in [-0.15, -0.1) is 0 Å². The van der Waals surface area contributed by atoms with E-state index in [0.29, 0.717) is 21.4 Å². The molecule has 1 amide bonds. The van der Waals surface area contributed by atoms with Crippen LogP contribution in [0.4, 0.5) is 4.79 Å². The van der Waals surface area contributed by atoms with Crippen molar-refractivity contribution in [3.63, 3.8) is 0 Å². The fourth-order valence-electron chi connectivity index (χ4n) is 1.69. The summed E-state index contributed by atoms with van der Waals surface area (Å²) in [5.41, 5.74) is 6.11. The van der Waals surface area contributed by atoms with Crippen molar-refractivity contribution in [3.05, 3.63) is 27.7 Å². The maximum absolute atomic E-state index is 11.6. The number of benzene rings is 1. The Balaban J connectivity index is 2.76. The first-order chi connectivity index (χ1) is 9.64. The van der Waals surface area contributed by atoms with Crippen molar-refractivity contribution in [1.82, 2.24) is 5.32 Å². The quantitative estimate of drug-likeness (QED) is 0.883. The van der Waals surface area contributed by atoms with Crippen LogP contribution in [0.3, 0.4) is 0 Å². The second-order valence-corrected chi connectivity index (χ2v) is 6.34. The molecule has 118 valence electrons. The normalized spacial score (nSPS) is 12.7. The van der Waals surface area contributed by atoms with Gasteiger partial charge in [0.05, 0.1) is 18.2 Å². The summed E-state index contributed by atoms with van der Waals surface area (Å²) in [7, 11) is 1.49. The average Bonchev–Trinajstić information content (AvgIpc) is 2.33. The minimum atomic E-state index is -0.564. The van der Waals surface area contributed by atoms with Gasteiger partial charge in [-0.25, -0.2) is 4.79 Å². The maximum Gasteiger partial charge on any atom is 0.407 e. The fraction of sp³-hybridized carbons (Fsp3) is 0.500. The van der Waals surface area contributed by atoms with Gasteiger partial charge in [-0.05, 0) is 32.9 Å². The summed E-state index contributed by atoms with van der Waals surface area (Å²) in [6, 6.07) is 2.70. The molecule has 1 rings (SSSR count). The SMILES string of the molecule is COc1c(Cl)cc(Cl)cc1C(N)CNC(=O)OC(C)(C)C. The van der Waals surface area contributed by atoms with Crippen LogP contribution in [0.1, 0.15) is 32.4 Å². The summed E-state index contributed by atoms with van der Waals surface area (Å²) in [6.07, 6.45) is -0.537. The number of hydrogen-bond donors (Lipinski definition) is 2. The number of methoxy groups -OCH3 is 1. The van der Waals surface area contributed by atoms with Crippen molar-refractivity contribution in [2.45, 2.75) is 32.4 Å². The Morgan fingerprint density at radius 1 is 1.38 bits per heavy atom. The maximum atomic E-state index is 11.6. The van der Waals surface area contributed by atoms with Crippen LogP contribution in [0.2, 0.25) is 10.0 Å². The lowest BCUT2D eigenvalue weighted by Gasteiger charge is -2.21. The lowest BCUT2D eigenvalue weighted by molar-refractivity contribution is 0.0524. The number of hydrogen-bond acceptors (Lipinski definition) is 4. The van der Waals surface area contributed by atoms with E-state index in [9.17, 15) is 4.79 Å². The Morgan fingerprint density at radius 3 is 2.52 bits per heavy atom. The van der Waals surface area contributed by atoms with Crippen LogP contribution in [0.15, 0.2) is 12.1 Å². The Bertz CT molecular complexity index is 516. The number of amides is 1. The van der Waals surface area contributed by atoms with Crippen LogP contribution in [-0.2, 0) is 4.74 Å². The summed E-state index contributed by atoms with van der Waals surface area (Å²) in [4.78, 5) is 11.6. The molecule has 0 fully saturated rings. The van der Waals surface area contributed by atoms with Crippen LogP contribution >= 0.6 is 23.2 Å². The van der Waals surface area contributed by atoms with Gasteiger partial charge >= 0.3 is 6.09 Å². The molecule has 1 atom stereocenters. The molecular formula is C14H20Cl2N2O3. The molecule has 0 bridgehead atoms. The zero-order valence-electron chi connectivity index (χ0n) is 12.5. The molecule has 0 saturated carbocycles. The van der Waals surface area contributed by atoms with Gasteiger partial charge in [-0.3, -0.25) is 0 Å². The lowest BCUT2D eigenvalue weighted by atomic mass is 10.1. The third kappa shape index (κ3) is 5.61. The second-order valence-electron chi connectivity index (χ2n) is 5.50. The van der Waals surface area contributed by atoms with E-state index in [1.54, 1.807) is 32.9 Å². The molecule has 0 aromatic heterocycles. The first-order valence-electron chi connectivity index (χ1n) is 6.39. The molecule has 0 aliphatic carbocycles. The summed E-state index contributed by atoms with van der Waals surface area (Å²) in [6.45, 7) is 5.52. The lowest BCUT2D eigenvalue weighted by Crippen LogP contribution is -2.36. The molecule has 21 heavy (non-hydrogen) atoms. The first kappa shape index (κ1) is 17.9. The summed E-state index contributed by atoms with van der Waals surface area (Å²) in [5.74, 6) is 0.444. The zero-order chi connectivity index (χ0) is 16.2. The molecule has 1 unspecified atom stereocenters. The van der Waals surface area contributed by atoms with E-state index >= 15 is 0 Å². The van der Waals surface area contributed by atoms with Crippen molar-refractivity contribution in [3.8, 4) is 5.75 Å². The minimum absolute atomic E-state index is 0.169. The highest BCUT2D eigenvalue weighted by Gasteiger charge is 2.19. The van der Waals surface area contributed by atoms with Crippen LogP contribution in [0, 0.1) is 0 Å². The number of carbonyl (C=O) groups excluding carboxylic acids is 1.